The van der Waals surface area contributed by atoms with Crippen molar-refractivity contribution in [1.29, 1.82) is 0 Å². The van der Waals surface area contributed by atoms with E-state index in [1.165, 1.54) is 16.7 Å². The van der Waals surface area contributed by atoms with Gasteiger partial charge in [0.15, 0.2) is 0 Å². The average Bonchev–Trinajstić information content (AvgIpc) is 2.88. The molecule has 1 fully saturated rings. The highest BCUT2D eigenvalue weighted by molar-refractivity contribution is 8.00. The molecular formula is C15H14N2O3S. The largest absolute Gasteiger partial charge is 0.480 e. The fourth-order valence-corrected chi connectivity index (χ4v) is 3.72. The van der Waals surface area contributed by atoms with Gasteiger partial charge in [-0.2, -0.15) is 0 Å². The molecule has 1 saturated heterocycles. The molecule has 5 nitrogen and oxygen atoms in total. The third kappa shape index (κ3) is 2.35. The van der Waals surface area contributed by atoms with E-state index in [0.717, 1.165) is 5.39 Å². The number of carboxylic acids is 1. The molecule has 0 saturated carbocycles. The normalized spacial score (nSPS) is 21.7. The summed E-state index contributed by atoms with van der Waals surface area (Å²) in [7, 11) is 0. The molecule has 1 N–H and O–H groups in total. The first kappa shape index (κ1) is 13.9. The Hall–Kier alpha value is -2.08. The zero-order valence-electron chi connectivity index (χ0n) is 11.4. The number of rotatable bonds is 2. The fourth-order valence-electron chi connectivity index (χ4n) is 2.56. The fraction of sp³-hybridized carbons (Fsp3) is 0.267. The number of aliphatic carboxylic acids is 1. The number of amides is 1. The summed E-state index contributed by atoms with van der Waals surface area (Å²) in [6.07, 6.45) is 1.63. The van der Waals surface area contributed by atoms with Gasteiger partial charge in [0.25, 0.3) is 5.91 Å². The van der Waals surface area contributed by atoms with Crippen LogP contribution in [0.15, 0.2) is 36.5 Å². The quantitative estimate of drug-likeness (QED) is 0.921. The molecule has 1 aliphatic heterocycles. The minimum absolute atomic E-state index is 0.155. The van der Waals surface area contributed by atoms with E-state index in [0.29, 0.717) is 16.8 Å². The van der Waals surface area contributed by atoms with Crippen LogP contribution in [0.2, 0.25) is 0 Å². The van der Waals surface area contributed by atoms with Crippen LogP contribution in [0.25, 0.3) is 10.9 Å². The summed E-state index contributed by atoms with van der Waals surface area (Å²) in [4.78, 5) is 29.8. The van der Waals surface area contributed by atoms with E-state index in [1.807, 2.05) is 25.1 Å². The van der Waals surface area contributed by atoms with Crippen molar-refractivity contribution in [3.8, 4) is 0 Å². The number of carboxylic acid groups (broad SMARTS) is 1. The molecule has 21 heavy (non-hydrogen) atoms. The molecule has 1 aliphatic rings. The van der Waals surface area contributed by atoms with Crippen LogP contribution >= 0.6 is 11.8 Å². The Morgan fingerprint density at radius 2 is 2.10 bits per heavy atom. The van der Waals surface area contributed by atoms with Crippen LogP contribution in [-0.2, 0) is 4.79 Å². The van der Waals surface area contributed by atoms with Gasteiger partial charge < -0.3 is 10.0 Å². The number of benzene rings is 1. The van der Waals surface area contributed by atoms with E-state index in [1.54, 1.807) is 18.3 Å². The van der Waals surface area contributed by atoms with Crippen molar-refractivity contribution in [3.63, 3.8) is 0 Å². The molecule has 2 unspecified atom stereocenters. The zero-order valence-corrected chi connectivity index (χ0v) is 12.2. The van der Waals surface area contributed by atoms with Crippen molar-refractivity contribution in [2.24, 2.45) is 0 Å². The molecule has 2 atom stereocenters. The number of fused-ring (bicyclic) bond motifs is 1. The van der Waals surface area contributed by atoms with Crippen LogP contribution in [-0.4, -0.2) is 44.0 Å². The van der Waals surface area contributed by atoms with Gasteiger partial charge in [0, 0.05) is 17.3 Å². The summed E-state index contributed by atoms with van der Waals surface area (Å²) < 4.78 is 0. The van der Waals surface area contributed by atoms with Crippen LogP contribution in [0.5, 0.6) is 0 Å². The van der Waals surface area contributed by atoms with Gasteiger partial charge in [-0.3, -0.25) is 9.78 Å². The first-order valence-corrected chi connectivity index (χ1v) is 7.65. The van der Waals surface area contributed by atoms with Gasteiger partial charge in [-0.25, -0.2) is 4.79 Å². The van der Waals surface area contributed by atoms with Crippen molar-refractivity contribution in [2.75, 3.05) is 5.75 Å². The Morgan fingerprint density at radius 1 is 1.33 bits per heavy atom. The highest BCUT2D eigenvalue weighted by atomic mass is 32.2. The third-order valence-electron chi connectivity index (χ3n) is 3.61. The van der Waals surface area contributed by atoms with Gasteiger partial charge in [0.1, 0.15) is 6.04 Å². The lowest BCUT2D eigenvalue weighted by Gasteiger charge is -2.25. The second-order valence-corrected chi connectivity index (χ2v) is 6.23. The molecular weight excluding hydrogens is 288 g/mol. The maximum absolute atomic E-state index is 12.8. The number of hydrogen-bond donors (Lipinski definition) is 1. The smallest absolute Gasteiger partial charge is 0.327 e. The van der Waals surface area contributed by atoms with Crippen molar-refractivity contribution in [1.82, 2.24) is 9.88 Å². The molecule has 1 amide bonds. The van der Waals surface area contributed by atoms with E-state index in [-0.39, 0.29) is 11.3 Å². The number of aromatic nitrogens is 1. The van der Waals surface area contributed by atoms with E-state index in [9.17, 15) is 14.7 Å². The molecule has 0 spiro atoms. The Bertz CT molecular complexity index is 714. The van der Waals surface area contributed by atoms with Crippen molar-refractivity contribution >= 4 is 34.5 Å². The standard InChI is InChI=1S/C15H14N2O3S/c1-9-17(12(8-21-9)15(19)20)14(18)11-6-2-4-10-5-3-7-16-13(10)11/h2-7,9,12H,8H2,1H3,(H,19,20). The molecule has 0 aliphatic carbocycles. The van der Waals surface area contributed by atoms with Crippen molar-refractivity contribution < 1.29 is 14.7 Å². The van der Waals surface area contributed by atoms with E-state index >= 15 is 0 Å². The van der Waals surface area contributed by atoms with Gasteiger partial charge in [-0.1, -0.05) is 18.2 Å². The van der Waals surface area contributed by atoms with E-state index < -0.39 is 12.0 Å². The Labute approximate surface area is 126 Å². The summed E-state index contributed by atoms with van der Waals surface area (Å²) in [5.41, 5.74) is 1.06. The lowest BCUT2D eigenvalue weighted by molar-refractivity contribution is -0.141. The first-order valence-electron chi connectivity index (χ1n) is 6.60. The summed E-state index contributed by atoms with van der Waals surface area (Å²) in [5, 5.41) is 10.0. The summed E-state index contributed by atoms with van der Waals surface area (Å²) in [5.74, 6) is -0.821. The third-order valence-corrected chi connectivity index (χ3v) is 4.82. The Balaban J connectivity index is 2.06. The molecule has 1 aromatic carbocycles. The highest BCUT2D eigenvalue weighted by Gasteiger charge is 2.40. The van der Waals surface area contributed by atoms with Gasteiger partial charge in [-0.15, -0.1) is 11.8 Å². The number of carbonyl (C=O) groups excluding carboxylic acids is 1. The van der Waals surface area contributed by atoms with Crippen LogP contribution in [0.3, 0.4) is 0 Å². The number of carbonyl (C=O) groups is 2. The summed E-state index contributed by atoms with van der Waals surface area (Å²) >= 11 is 1.47. The second kappa shape index (κ2) is 5.37. The lowest BCUT2D eigenvalue weighted by Crippen LogP contribution is -2.44. The zero-order chi connectivity index (χ0) is 15.0. The molecule has 0 radical (unpaired) electrons. The average molecular weight is 302 g/mol. The van der Waals surface area contributed by atoms with Crippen LogP contribution in [0.4, 0.5) is 0 Å². The van der Waals surface area contributed by atoms with Crippen LogP contribution in [0.1, 0.15) is 17.3 Å². The maximum Gasteiger partial charge on any atom is 0.327 e. The second-order valence-electron chi connectivity index (χ2n) is 4.88. The topological polar surface area (TPSA) is 70.5 Å². The molecule has 108 valence electrons. The molecule has 0 bridgehead atoms. The van der Waals surface area contributed by atoms with Crippen molar-refractivity contribution in [2.45, 2.75) is 18.3 Å². The van der Waals surface area contributed by atoms with Crippen molar-refractivity contribution in [3.05, 3.63) is 42.1 Å². The predicted molar refractivity (Wildman–Crippen MR) is 81.3 cm³/mol. The van der Waals surface area contributed by atoms with Gasteiger partial charge in [-0.05, 0) is 19.1 Å². The predicted octanol–water partition coefficient (Wildman–Crippen LogP) is 2.22. The number of para-hydroxylation sites is 1. The number of nitrogens with zero attached hydrogens (tertiary/aromatic N) is 2. The molecule has 3 rings (SSSR count). The summed E-state index contributed by atoms with van der Waals surface area (Å²) in [6, 6.07) is 8.29. The Kier molecular flexibility index (Phi) is 3.55. The Morgan fingerprint density at radius 3 is 2.86 bits per heavy atom. The van der Waals surface area contributed by atoms with E-state index in [4.69, 9.17) is 0 Å². The van der Waals surface area contributed by atoms with Gasteiger partial charge >= 0.3 is 5.97 Å². The SMILES string of the molecule is CC1SCC(C(=O)O)N1C(=O)c1cccc2cccnc12. The highest BCUT2D eigenvalue weighted by Crippen LogP contribution is 2.31. The first-order chi connectivity index (χ1) is 10.1. The summed E-state index contributed by atoms with van der Waals surface area (Å²) in [6.45, 7) is 1.85. The molecule has 6 heteroatoms. The minimum atomic E-state index is -0.964. The molecule has 2 heterocycles. The van der Waals surface area contributed by atoms with E-state index in [2.05, 4.69) is 4.98 Å². The molecule has 2 aromatic rings. The number of hydrogen-bond acceptors (Lipinski definition) is 4. The van der Waals surface area contributed by atoms with Gasteiger partial charge in [0.2, 0.25) is 0 Å². The van der Waals surface area contributed by atoms with Gasteiger partial charge in [0.05, 0.1) is 16.5 Å². The monoisotopic (exact) mass is 302 g/mol. The number of thioether (sulfide) groups is 1. The maximum atomic E-state index is 12.8. The number of pyridine rings is 1. The molecule has 1 aromatic heterocycles. The van der Waals surface area contributed by atoms with Crippen LogP contribution in [0, 0.1) is 0 Å². The minimum Gasteiger partial charge on any atom is -0.480 e. The lowest BCUT2D eigenvalue weighted by atomic mass is 10.1. The van der Waals surface area contributed by atoms with Crippen LogP contribution < -0.4 is 0 Å².